The summed E-state index contributed by atoms with van der Waals surface area (Å²) in [6.07, 6.45) is 0.246. The lowest BCUT2D eigenvalue weighted by Crippen LogP contribution is -2.18. The third kappa shape index (κ3) is 1.88. The number of rotatable bonds is 2. The van der Waals surface area contributed by atoms with E-state index >= 15 is 0 Å². The van der Waals surface area contributed by atoms with Gasteiger partial charge >= 0.3 is 0 Å². The Balaban J connectivity index is 2.16. The molecular formula is C12H17N5O3. The molecule has 0 spiro atoms. The van der Waals surface area contributed by atoms with Crippen LogP contribution in [0.25, 0.3) is 11.2 Å². The molecule has 0 saturated carbocycles. The summed E-state index contributed by atoms with van der Waals surface area (Å²) in [5.41, 5.74) is 5.90. The topological polar surface area (TPSA) is 119 Å². The summed E-state index contributed by atoms with van der Waals surface area (Å²) in [5, 5.41) is 9.23. The van der Waals surface area contributed by atoms with Gasteiger partial charge in [-0.1, -0.05) is 6.92 Å². The molecule has 3 heterocycles. The molecule has 1 aliphatic heterocycles. The van der Waals surface area contributed by atoms with Crippen LogP contribution in [-0.4, -0.2) is 37.3 Å². The number of nitrogens with zero attached hydrogens (tertiary/aromatic N) is 3. The molecule has 4 N–H and O–H groups in total. The Kier molecular flexibility index (Phi) is 2.98. The Morgan fingerprint density at radius 3 is 2.95 bits per heavy atom. The van der Waals surface area contributed by atoms with Gasteiger partial charge in [0, 0.05) is 5.92 Å². The molecule has 3 atom stereocenters. The van der Waals surface area contributed by atoms with Crippen LogP contribution in [0.1, 0.15) is 25.4 Å². The van der Waals surface area contributed by atoms with Crippen LogP contribution in [-0.2, 0) is 4.74 Å². The van der Waals surface area contributed by atoms with E-state index in [0.29, 0.717) is 11.5 Å². The summed E-state index contributed by atoms with van der Waals surface area (Å²) in [5.74, 6) is 0.873. The third-order valence-corrected chi connectivity index (χ3v) is 3.66. The van der Waals surface area contributed by atoms with Gasteiger partial charge in [0.2, 0.25) is 5.95 Å². The molecule has 0 radical (unpaired) electrons. The van der Waals surface area contributed by atoms with Gasteiger partial charge in [0.05, 0.1) is 12.7 Å². The number of nitrogens with one attached hydrogen (secondary N) is 1. The molecule has 8 nitrogen and oxygen atoms in total. The van der Waals surface area contributed by atoms with E-state index in [1.165, 1.54) is 0 Å². The predicted octanol–water partition coefficient (Wildman–Crippen LogP) is -0.0739. The minimum Gasteiger partial charge on any atom is -0.394 e. The van der Waals surface area contributed by atoms with Crippen LogP contribution in [0.5, 0.6) is 0 Å². The van der Waals surface area contributed by atoms with Crippen molar-refractivity contribution < 1.29 is 9.84 Å². The Morgan fingerprint density at radius 2 is 2.30 bits per heavy atom. The molecule has 1 fully saturated rings. The van der Waals surface area contributed by atoms with Gasteiger partial charge in [-0.05, 0) is 13.3 Å². The van der Waals surface area contributed by atoms with E-state index in [1.54, 1.807) is 11.5 Å². The van der Waals surface area contributed by atoms with Gasteiger partial charge in [0.15, 0.2) is 11.2 Å². The third-order valence-electron chi connectivity index (χ3n) is 3.66. The highest BCUT2D eigenvalue weighted by Gasteiger charge is 2.35. The number of nitrogens with two attached hydrogens (primary N) is 1. The van der Waals surface area contributed by atoms with Crippen LogP contribution in [0, 0.1) is 12.8 Å². The molecule has 0 aliphatic carbocycles. The van der Waals surface area contributed by atoms with E-state index in [4.69, 9.17) is 10.5 Å². The largest absolute Gasteiger partial charge is 0.394 e. The fourth-order valence-electron chi connectivity index (χ4n) is 2.77. The van der Waals surface area contributed by atoms with Gasteiger partial charge in [-0.15, -0.1) is 0 Å². The minimum atomic E-state index is -0.362. The molecular weight excluding hydrogens is 262 g/mol. The quantitative estimate of drug-likeness (QED) is 0.707. The van der Waals surface area contributed by atoms with Crippen LogP contribution in [0.2, 0.25) is 0 Å². The number of hydrogen-bond acceptors (Lipinski definition) is 6. The molecule has 8 heteroatoms. The van der Waals surface area contributed by atoms with Crippen molar-refractivity contribution in [1.82, 2.24) is 19.5 Å². The number of aliphatic hydroxyl groups excluding tert-OH is 1. The minimum absolute atomic E-state index is 0.0251. The summed E-state index contributed by atoms with van der Waals surface area (Å²) in [4.78, 5) is 22.7. The SMILES string of the molecule is Cc1nc2c(=O)[nH]c(N)nc2n1C1OC(CO)CC1C. The van der Waals surface area contributed by atoms with Crippen molar-refractivity contribution in [2.45, 2.75) is 32.6 Å². The zero-order valence-corrected chi connectivity index (χ0v) is 11.3. The van der Waals surface area contributed by atoms with E-state index in [-0.39, 0.29) is 41.9 Å². The van der Waals surface area contributed by atoms with Crippen molar-refractivity contribution in [3.05, 3.63) is 16.2 Å². The average Bonchev–Trinajstić information content (AvgIpc) is 2.89. The molecule has 0 bridgehead atoms. The Morgan fingerprint density at radius 1 is 1.55 bits per heavy atom. The Bertz CT molecular complexity index is 707. The normalized spacial score (nSPS) is 26.4. The van der Waals surface area contributed by atoms with Gasteiger partial charge in [-0.2, -0.15) is 4.98 Å². The van der Waals surface area contributed by atoms with E-state index in [9.17, 15) is 9.90 Å². The molecule has 3 rings (SSSR count). The first-order chi connectivity index (χ1) is 9.51. The van der Waals surface area contributed by atoms with Gasteiger partial charge in [0.1, 0.15) is 12.1 Å². The van der Waals surface area contributed by atoms with Gasteiger partial charge in [-0.3, -0.25) is 14.3 Å². The van der Waals surface area contributed by atoms with Gasteiger partial charge < -0.3 is 15.6 Å². The number of aromatic amines is 1. The maximum absolute atomic E-state index is 11.8. The smallest absolute Gasteiger partial charge is 0.280 e. The molecule has 2 aromatic rings. The number of hydrogen-bond donors (Lipinski definition) is 3. The fraction of sp³-hybridized carbons (Fsp3) is 0.583. The molecule has 0 aromatic carbocycles. The summed E-state index contributed by atoms with van der Waals surface area (Å²) in [6, 6.07) is 0. The van der Waals surface area contributed by atoms with Gasteiger partial charge in [0.25, 0.3) is 5.56 Å². The number of aromatic nitrogens is 4. The fourth-order valence-corrected chi connectivity index (χ4v) is 2.77. The van der Waals surface area contributed by atoms with E-state index in [1.807, 2.05) is 6.92 Å². The lowest BCUT2D eigenvalue weighted by molar-refractivity contribution is -0.0303. The van der Waals surface area contributed by atoms with Crippen LogP contribution in [0.4, 0.5) is 5.95 Å². The van der Waals surface area contributed by atoms with Crippen LogP contribution < -0.4 is 11.3 Å². The van der Waals surface area contributed by atoms with E-state index < -0.39 is 0 Å². The maximum atomic E-state index is 11.8. The summed E-state index contributed by atoms with van der Waals surface area (Å²) >= 11 is 0. The number of imidazole rings is 1. The molecule has 0 amide bonds. The summed E-state index contributed by atoms with van der Waals surface area (Å²) in [7, 11) is 0. The number of anilines is 1. The summed E-state index contributed by atoms with van der Waals surface area (Å²) in [6.45, 7) is 3.80. The standard InChI is InChI=1S/C12H17N5O3/c1-5-3-7(4-18)20-11(5)17-6(2)14-8-9(17)15-12(13)16-10(8)19/h5,7,11,18H,3-4H2,1-2H3,(H3,13,15,16,19). The number of nitrogen functional groups attached to an aromatic ring is 1. The number of aryl methyl sites for hydroxylation is 1. The van der Waals surface area contributed by atoms with Crippen LogP contribution >= 0.6 is 0 Å². The monoisotopic (exact) mass is 279 g/mol. The Hall–Kier alpha value is -1.93. The van der Waals surface area contributed by atoms with Crippen molar-refractivity contribution in [3.8, 4) is 0 Å². The predicted molar refractivity (Wildman–Crippen MR) is 72.1 cm³/mol. The van der Waals surface area contributed by atoms with Crippen molar-refractivity contribution in [2.24, 2.45) is 5.92 Å². The van der Waals surface area contributed by atoms with Crippen molar-refractivity contribution in [2.75, 3.05) is 12.3 Å². The molecule has 108 valence electrons. The molecule has 1 aliphatic rings. The second-order valence-electron chi connectivity index (χ2n) is 5.20. The van der Waals surface area contributed by atoms with E-state index in [2.05, 4.69) is 15.0 Å². The highest BCUT2D eigenvalue weighted by molar-refractivity contribution is 5.71. The number of fused-ring (bicyclic) bond motifs is 1. The zero-order valence-electron chi connectivity index (χ0n) is 11.3. The first-order valence-electron chi connectivity index (χ1n) is 6.52. The molecule has 1 saturated heterocycles. The number of ether oxygens (including phenoxy) is 1. The highest BCUT2D eigenvalue weighted by atomic mass is 16.5. The Labute approximate surface area is 114 Å². The lowest BCUT2D eigenvalue weighted by Gasteiger charge is -2.19. The summed E-state index contributed by atoms with van der Waals surface area (Å²) < 4.78 is 7.59. The van der Waals surface area contributed by atoms with Crippen molar-refractivity contribution in [1.29, 1.82) is 0 Å². The van der Waals surface area contributed by atoms with Crippen LogP contribution in [0.3, 0.4) is 0 Å². The zero-order chi connectivity index (χ0) is 14.4. The second-order valence-corrected chi connectivity index (χ2v) is 5.20. The van der Waals surface area contributed by atoms with Gasteiger partial charge in [-0.25, -0.2) is 4.98 Å². The van der Waals surface area contributed by atoms with Crippen molar-refractivity contribution in [3.63, 3.8) is 0 Å². The highest BCUT2D eigenvalue weighted by Crippen LogP contribution is 2.36. The molecule has 3 unspecified atom stereocenters. The van der Waals surface area contributed by atoms with E-state index in [0.717, 1.165) is 6.42 Å². The lowest BCUT2D eigenvalue weighted by atomic mass is 10.1. The van der Waals surface area contributed by atoms with Crippen molar-refractivity contribution >= 4 is 17.1 Å². The molecule has 2 aromatic heterocycles. The first-order valence-corrected chi connectivity index (χ1v) is 6.52. The number of aliphatic hydroxyl groups is 1. The first kappa shape index (κ1) is 13.1. The molecule has 20 heavy (non-hydrogen) atoms. The number of H-pyrrole nitrogens is 1. The second kappa shape index (κ2) is 4.57. The maximum Gasteiger partial charge on any atom is 0.280 e. The average molecular weight is 279 g/mol. The van der Waals surface area contributed by atoms with Crippen LogP contribution in [0.15, 0.2) is 4.79 Å².